The monoisotopic (exact) mass is 441 g/mol. The molecule has 8 heteroatoms. The van der Waals surface area contributed by atoms with Crippen molar-refractivity contribution in [3.63, 3.8) is 0 Å². The number of halogens is 1. The van der Waals surface area contributed by atoms with Crippen LogP contribution in [0.4, 0.5) is 5.69 Å². The maximum Gasteiger partial charge on any atom is 0.274 e. The molecule has 0 atom stereocenters. The van der Waals surface area contributed by atoms with Crippen molar-refractivity contribution in [2.45, 2.75) is 20.0 Å². The van der Waals surface area contributed by atoms with E-state index in [1.807, 2.05) is 25.1 Å². The van der Waals surface area contributed by atoms with Crippen molar-refractivity contribution in [3.05, 3.63) is 70.0 Å². The topological polar surface area (TPSA) is 92.5 Å². The summed E-state index contributed by atoms with van der Waals surface area (Å²) in [5.74, 6) is 0.594. The third kappa shape index (κ3) is 6.11. The Balaban J connectivity index is 0.00000288. The van der Waals surface area contributed by atoms with Crippen LogP contribution in [0.5, 0.6) is 0 Å². The highest BCUT2D eigenvalue weighted by Gasteiger charge is 2.11. The van der Waals surface area contributed by atoms with Crippen molar-refractivity contribution in [2.75, 3.05) is 6.54 Å². The second-order valence-electron chi connectivity index (χ2n) is 4.76. The van der Waals surface area contributed by atoms with Crippen LogP contribution in [-0.4, -0.2) is 22.4 Å². The van der Waals surface area contributed by atoms with E-state index in [0.29, 0.717) is 24.6 Å². The fourth-order valence-corrected chi connectivity index (χ4v) is 2.01. The molecule has 2 aromatic rings. The van der Waals surface area contributed by atoms with Crippen LogP contribution >= 0.6 is 24.0 Å². The number of benzene rings is 1. The Morgan fingerprint density at radius 1 is 1.21 bits per heavy atom. The van der Waals surface area contributed by atoms with Crippen LogP contribution in [0.15, 0.2) is 53.7 Å². The van der Waals surface area contributed by atoms with Gasteiger partial charge in [0.1, 0.15) is 0 Å². The van der Waals surface area contributed by atoms with Crippen molar-refractivity contribution in [2.24, 2.45) is 4.99 Å². The van der Waals surface area contributed by atoms with Crippen LogP contribution in [0.3, 0.4) is 0 Å². The van der Waals surface area contributed by atoms with Gasteiger partial charge < -0.3 is 10.6 Å². The smallest absolute Gasteiger partial charge is 0.274 e. The number of hydrogen-bond donors (Lipinski definition) is 2. The summed E-state index contributed by atoms with van der Waals surface area (Å²) in [5.41, 5.74) is 1.55. The van der Waals surface area contributed by atoms with Gasteiger partial charge in [-0.15, -0.1) is 24.0 Å². The zero-order chi connectivity index (χ0) is 16.5. The Morgan fingerprint density at radius 2 is 1.96 bits per heavy atom. The van der Waals surface area contributed by atoms with E-state index in [0.717, 1.165) is 5.69 Å². The van der Waals surface area contributed by atoms with Crippen LogP contribution in [0.2, 0.25) is 0 Å². The molecular formula is C16H20IN5O2. The van der Waals surface area contributed by atoms with Crippen LogP contribution in [-0.2, 0) is 13.1 Å². The Bertz CT molecular complexity index is 679. The number of aromatic nitrogens is 1. The Hall–Kier alpha value is -2.23. The van der Waals surface area contributed by atoms with Gasteiger partial charge in [-0.2, -0.15) is 0 Å². The second kappa shape index (κ2) is 10.5. The predicted octanol–water partition coefficient (Wildman–Crippen LogP) is 2.86. The van der Waals surface area contributed by atoms with Gasteiger partial charge in [0.25, 0.3) is 5.69 Å². The van der Waals surface area contributed by atoms with Gasteiger partial charge in [0.05, 0.1) is 29.3 Å². The normalized spacial score (nSPS) is 10.6. The molecule has 0 radical (unpaired) electrons. The summed E-state index contributed by atoms with van der Waals surface area (Å²) in [6, 6.07) is 12.3. The summed E-state index contributed by atoms with van der Waals surface area (Å²) in [6.45, 7) is 3.42. The highest BCUT2D eigenvalue weighted by molar-refractivity contribution is 14.0. The van der Waals surface area contributed by atoms with Crippen molar-refractivity contribution in [3.8, 4) is 0 Å². The van der Waals surface area contributed by atoms with Gasteiger partial charge in [0.2, 0.25) is 0 Å². The van der Waals surface area contributed by atoms with E-state index < -0.39 is 0 Å². The molecule has 1 aromatic heterocycles. The molecule has 24 heavy (non-hydrogen) atoms. The number of guanidine groups is 1. The van der Waals surface area contributed by atoms with Crippen molar-refractivity contribution < 1.29 is 4.92 Å². The highest BCUT2D eigenvalue weighted by atomic mass is 127. The van der Waals surface area contributed by atoms with Gasteiger partial charge in [-0.25, -0.2) is 4.99 Å². The van der Waals surface area contributed by atoms with E-state index in [9.17, 15) is 10.1 Å². The van der Waals surface area contributed by atoms with Gasteiger partial charge in [0, 0.05) is 18.8 Å². The molecule has 0 unspecified atom stereocenters. The number of rotatable bonds is 6. The number of hydrogen-bond acceptors (Lipinski definition) is 4. The van der Waals surface area contributed by atoms with E-state index in [-0.39, 0.29) is 41.1 Å². The van der Waals surface area contributed by atoms with Crippen LogP contribution < -0.4 is 10.6 Å². The largest absolute Gasteiger partial charge is 0.357 e. The summed E-state index contributed by atoms with van der Waals surface area (Å²) < 4.78 is 0. The molecule has 1 aromatic carbocycles. The van der Waals surface area contributed by atoms with E-state index in [4.69, 9.17) is 0 Å². The van der Waals surface area contributed by atoms with Crippen LogP contribution in [0.25, 0.3) is 0 Å². The molecule has 0 bridgehead atoms. The molecule has 0 amide bonds. The molecule has 0 aliphatic heterocycles. The van der Waals surface area contributed by atoms with Crippen LogP contribution in [0, 0.1) is 10.1 Å². The molecule has 0 aliphatic carbocycles. The lowest BCUT2D eigenvalue weighted by Crippen LogP contribution is -2.37. The SMILES string of the molecule is CCNC(=NCc1ccccc1[N+](=O)[O-])NCc1ccccn1.I. The highest BCUT2D eigenvalue weighted by Crippen LogP contribution is 2.18. The fourth-order valence-electron chi connectivity index (χ4n) is 2.01. The van der Waals surface area contributed by atoms with Gasteiger partial charge in [-0.3, -0.25) is 15.1 Å². The minimum Gasteiger partial charge on any atom is -0.357 e. The summed E-state index contributed by atoms with van der Waals surface area (Å²) >= 11 is 0. The number of nitro groups is 1. The molecule has 2 rings (SSSR count). The second-order valence-corrected chi connectivity index (χ2v) is 4.76. The third-order valence-corrected chi connectivity index (χ3v) is 3.10. The lowest BCUT2D eigenvalue weighted by molar-refractivity contribution is -0.385. The lowest BCUT2D eigenvalue weighted by atomic mass is 10.2. The van der Waals surface area contributed by atoms with E-state index in [2.05, 4.69) is 20.6 Å². The number of nitrogens with one attached hydrogen (secondary N) is 2. The van der Waals surface area contributed by atoms with Crippen molar-refractivity contribution in [1.29, 1.82) is 0 Å². The number of pyridine rings is 1. The van der Waals surface area contributed by atoms with E-state index in [1.165, 1.54) is 6.07 Å². The van der Waals surface area contributed by atoms with E-state index in [1.54, 1.807) is 24.4 Å². The maximum atomic E-state index is 11.0. The molecule has 128 valence electrons. The number of aliphatic imine (C=N–C) groups is 1. The zero-order valence-corrected chi connectivity index (χ0v) is 15.6. The lowest BCUT2D eigenvalue weighted by Gasteiger charge is -2.11. The summed E-state index contributed by atoms with van der Waals surface area (Å²) in [7, 11) is 0. The molecule has 1 heterocycles. The summed E-state index contributed by atoms with van der Waals surface area (Å²) in [4.78, 5) is 19.3. The summed E-state index contributed by atoms with van der Waals surface area (Å²) in [5, 5.41) is 17.3. The zero-order valence-electron chi connectivity index (χ0n) is 13.3. The third-order valence-electron chi connectivity index (χ3n) is 3.10. The quantitative estimate of drug-likeness (QED) is 0.237. The first kappa shape index (κ1) is 19.8. The molecule has 0 fully saturated rings. The first-order valence-electron chi connectivity index (χ1n) is 7.35. The average Bonchev–Trinajstić information content (AvgIpc) is 2.58. The predicted molar refractivity (Wildman–Crippen MR) is 104 cm³/mol. The Kier molecular flexibility index (Phi) is 8.69. The molecule has 2 N–H and O–H groups in total. The fraction of sp³-hybridized carbons (Fsp3) is 0.250. The Morgan fingerprint density at radius 3 is 2.62 bits per heavy atom. The minimum atomic E-state index is -0.390. The Labute approximate surface area is 157 Å². The minimum absolute atomic E-state index is 0. The van der Waals surface area contributed by atoms with Gasteiger partial charge >= 0.3 is 0 Å². The first-order valence-corrected chi connectivity index (χ1v) is 7.35. The van der Waals surface area contributed by atoms with Gasteiger partial charge in [-0.1, -0.05) is 24.3 Å². The average molecular weight is 441 g/mol. The van der Waals surface area contributed by atoms with Gasteiger partial charge in [-0.05, 0) is 19.1 Å². The molecule has 0 aliphatic rings. The first-order chi connectivity index (χ1) is 11.2. The molecule has 0 spiro atoms. The number of nitrogens with zero attached hydrogens (tertiary/aromatic N) is 3. The standard InChI is InChI=1S/C16H19N5O2.HI/c1-2-17-16(20-12-14-8-5-6-10-18-14)19-11-13-7-3-4-9-15(13)21(22)23;/h3-10H,2,11-12H2,1H3,(H2,17,19,20);1H. The van der Waals surface area contributed by atoms with E-state index >= 15 is 0 Å². The molecule has 7 nitrogen and oxygen atoms in total. The van der Waals surface area contributed by atoms with Gasteiger partial charge in [0.15, 0.2) is 5.96 Å². The maximum absolute atomic E-state index is 11.0. The van der Waals surface area contributed by atoms with Crippen molar-refractivity contribution in [1.82, 2.24) is 15.6 Å². The number of para-hydroxylation sites is 1. The summed E-state index contributed by atoms with van der Waals surface area (Å²) in [6.07, 6.45) is 1.73. The molecule has 0 saturated carbocycles. The molecular weight excluding hydrogens is 421 g/mol. The van der Waals surface area contributed by atoms with Crippen LogP contribution in [0.1, 0.15) is 18.2 Å². The van der Waals surface area contributed by atoms with Crippen molar-refractivity contribution >= 4 is 35.6 Å². The molecule has 0 saturated heterocycles. The number of nitro benzene ring substituents is 1.